The van der Waals surface area contributed by atoms with Gasteiger partial charge in [-0.2, -0.15) is 0 Å². The molecule has 4 rings (SSSR count). The van der Waals surface area contributed by atoms with Crippen LogP contribution < -0.4 is 0 Å². The fourth-order valence-corrected chi connectivity index (χ4v) is 6.01. The van der Waals surface area contributed by atoms with E-state index < -0.39 is 0 Å². The monoisotopic (exact) mass is 602 g/mol. The van der Waals surface area contributed by atoms with Crippen molar-refractivity contribution in [2.45, 2.75) is 40.0 Å². The topological polar surface area (TPSA) is 52.6 Å². The number of carbonyl (C=O) groups excluding carboxylic acids is 2. The number of ether oxygens (including phenoxy) is 2. The van der Waals surface area contributed by atoms with Crippen molar-refractivity contribution in [3.8, 4) is 0 Å². The van der Waals surface area contributed by atoms with Crippen LogP contribution in [0, 0.1) is 29.1 Å². The average Bonchev–Trinajstić information content (AvgIpc) is 3.10. The van der Waals surface area contributed by atoms with E-state index in [0.29, 0.717) is 36.2 Å². The molecule has 0 aliphatic heterocycles. The van der Waals surface area contributed by atoms with Crippen LogP contribution in [-0.2, 0) is 9.47 Å². The van der Waals surface area contributed by atoms with Gasteiger partial charge in [0.2, 0.25) is 0 Å². The van der Waals surface area contributed by atoms with Gasteiger partial charge in [0.1, 0.15) is 0 Å². The Morgan fingerprint density at radius 3 is 1.91 bits per heavy atom. The Labute approximate surface area is 224 Å². The zero-order valence-electron chi connectivity index (χ0n) is 20.4. The van der Waals surface area contributed by atoms with Gasteiger partial charge in [0.05, 0.1) is 24.3 Å². The van der Waals surface area contributed by atoms with Gasteiger partial charge in [0, 0.05) is 20.8 Å². The molecule has 2 aliphatic carbocycles. The molecule has 2 aliphatic rings. The van der Waals surface area contributed by atoms with E-state index in [-0.39, 0.29) is 29.2 Å². The van der Waals surface area contributed by atoms with Crippen molar-refractivity contribution in [2.75, 3.05) is 13.2 Å². The van der Waals surface area contributed by atoms with Crippen LogP contribution >= 0.6 is 31.9 Å². The van der Waals surface area contributed by atoms with Crippen molar-refractivity contribution in [3.63, 3.8) is 0 Å². The molecule has 0 saturated heterocycles. The molecule has 0 bridgehead atoms. The van der Waals surface area contributed by atoms with Crippen LogP contribution in [0.3, 0.4) is 0 Å². The molecule has 0 aromatic heterocycles. The van der Waals surface area contributed by atoms with E-state index in [1.165, 1.54) is 5.57 Å². The highest BCUT2D eigenvalue weighted by Crippen LogP contribution is 2.51. The molecular weight excluding hydrogens is 572 g/mol. The number of esters is 2. The summed E-state index contributed by atoms with van der Waals surface area (Å²) in [6.07, 6.45) is 5.49. The highest BCUT2D eigenvalue weighted by atomic mass is 79.9. The first kappa shape index (κ1) is 26.2. The maximum atomic E-state index is 12.8. The largest absolute Gasteiger partial charge is 0.462 e. The molecule has 2 aromatic carbocycles. The van der Waals surface area contributed by atoms with Gasteiger partial charge in [-0.15, -0.1) is 0 Å². The minimum atomic E-state index is -0.324. The molecule has 6 heteroatoms. The van der Waals surface area contributed by atoms with Gasteiger partial charge in [-0.1, -0.05) is 64.3 Å². The number of hydrogen-bond donors (Lipinski definition) is 0. The fraction of sp³-hybridized carbons (Fsp3) is 0.448. The van der Waals surface area contributed by atoms with E-state index in [4.69, 9.17) is 9.47 Å². The summed E-state index contributed by atoms with van der Waals surface area (Å²) in [6.45, 7) is 7.47. The van der Waals surface area contributed by atoms with E-state index in [1.54, 1.807) is 24.3 Å². The van der Waals surface area contributed by atoms with Crippen molar-refractivity contribution in [1.82, 2.24) is 0 Å². The van der Waals surface area contributed by atoms with Crippen LogP contribution in [-0.4, -0.2) is 25.2 Å². The maximum Gasteiger partial charge on any atom is 0.338 e. The molecule has 4 nitrogen and oxygen atoms in total. The molecule has 0 amide bonds. The predicted octanol–water partition coefficient (Wildman–Crippen LogP) is 7.86. The van der Waals surface area contributed by atoms with E-state index in [0.717, 1.165) is 28.2 Å². The highest BCUT2D eigenvalue weighted by molar-refractivity contribution is 9.10. The van der Waals surface area contributed by atoms with E-state index in [1.807, 2.05) is 24.3 Å². The standard InChI is InChI=1S/C29H32Br2O4/c1-18-4-5-21(16-34-27(32)19-6-10-22(30)11-7-19)26(25-15-29(2,3)14-24(18)25)17-35-28(33)20-8-12-23(31)13-9-20/h6-13,15,18,21,24,26H,4-5,14,16-17H2,1-3H3/t18-,21+,24-,26-/m0/s1. The van der Waals surface area contributed by atoms with E-state index >= 15 is 0 Å². The molecule has 1 saturated carbocycles. The van der Waals surface area contributed by atoms with E-state index in [2.05, 4.69) is 58.7 Å². The second-order valence-electron chi connectivity index (χ2n) is 10.6. The minimum absolute atomic E-state index is 0.0313. The summed E-state index contributed by atoms with van der Waals surface area (Å²) in [4.78, 5) is 25.5. The lowest BCUT2D eigenvalue weighted by Crippen LogP contribution is -2.28. The molecule has 0 unspecified atom stereocenters. The molecule has 2 aromatic rings. The average molecular weight is 604 g/mol. The molecule has 35 heavy (non-hydrogen) atoms. The third kappa shape index (κ3) is 6.45. The molecule has 0 spiro atoms. The number of benzene rings is 2. The Balaban J connectivity index is 1.52. The van der Waals surface area contributed by atoms with Crippen LogP contribution in [0.5, 0.6) is 0 Å². The summed E-state index contributed by atoms with van der Waals surface area (Å²) >= 11 is 6.81. The van der Waals surface area contributed by atoms with Gasteiger partial charge in [-0.05, 0) is 85.0 Å². The predicted molar refractivity (Wildman–Crippen MR) is 144 cm³/mol. The Bertz CT molecular complexity index is 1090. The van der Waals surface area contributed by atoms with Crippen molar-refractivity contribution >= 4 is 43.8 Å². The molecule has 0 heterocycles. The Morgan fingerprint density at radius 1 is 0.857 bits per heavy atom. The number of carbonyl (C=O) groups is 2. The second kappa shape index (κ2) is 11.0. The zero-order chi connectivity index (χ0) is 25.2. The van der Waals surface area contributed by atoms with Crippen molar-refractivity contribution < 1.29 is 19.1 Å². The maximum absolute atomic E-state index is 12.8. The number of halogens is 2. The van der Waals surface area contributed by atoms with Crippen LogP contribution in [0.4, 0.5) is 0 Å². The van der Waals surface area contributed by atoms with Crippen molar-refractivity contribution in [2.24, 2.45) is 29.1 Å². The lowest BCUT2D eigenvalue weighted by atomic mass is 9.80. The van der Waals surface area contributed by atoms with Crippen LogP contribution in [0.25, 0.3) is 0 Å². The molecular formula is C29H32Br2O4. The number of hydrogen-bond acceptors (Lipinski definition) is 4. The highest BCUT2D eigenvalue weighted by Gasteiger charge is 2.43. The summed E-state index contributed by atoms with van der Waals surface area (Å²) in [5.41, 5.74) is 2.55. The first-order valence-electron chi connectivity index (χ1n) is 12.2. The summed E-state index contributed by atoms with van der Waals surface area (Å²) in [6, 6.07) is 14.4. The molecule has 4 atom stereocenters. The molecule has 0 N–H and O–H groups in total. The summed E-state index contributed by atoms with van der Waals surface area (Å²) in [5, 5.41) is 0. The number of allylic oxidation sites excluding steroid dienone is 1. The molecule has 186 valence electrons. The first-order chi connectivity index (χ1) is 16.6. The summed E-state index contributed by atoms with van der Waals surface area (Å²) in [7, 11) is 0. The molecule has 1 fully saturated rings. The number of rotatable bonds is 6. The minimum Gasteiger partial charge on any atom is -0.462 e. The van der Waals surface area contributed by atoms with Gasteiger partial charge in [0.15, 0.2) is 0 Å². The Hall–Kier alpha value is -1.92. The van der Waals surface area contributed by atoms with E-state index in [9.17, 15) is 9.59 Å². The molecule has 0 radical (unpaired) electrons. The number of fused-ring (bicyclic) bond motifs is 1. The van der Waals surface area contributed by atoms with Crippen LogP contribution in [0.2, 0.25) is 0 Å². The summed E-state index contributed by atoms with van der Waals surface area (Å²) < 4.78 is 13.5. The van der Waals surface area contributed by atoms with Crippen LogP contribution in [0.1, 0.15) is 60.7 Å². The third-order valence-corrected chi connectivity index (χ3v) is 8.45. The zero-order valence-corrected chi connectivity index (χ0v) is 23.6. The van der Waals surface area contributed by atoms with Gasteiger partial charge in [-0.25, -0.2) is 9.59 Å². The first-order valence-corrected chi connectivity index (χ1v) is 13.8. The lowest BCUT2D eigenvalue weighted by molar-refractivity contribution is 0.0258. The fourth-order valence-electron chi connectivity index (χ4n) is 5.48. The quantitative estimate of drug-likeness (QED) is 0.249. The lowest BCUT2D eigenvalue weighted by Gasteiger charge is -2.28. The van der Waals surface area contributed by atoms with Gasteiger partial charge < -0.3 is 9.47 Å². The van der Waals surface area contributed by atoms with Crippen molar-refractivity contribution in [1.29, 1.82) is 0 Å². The smallest absolute Gasteiger partial charge is 0.338 e. The van der Waals surface area contributed by atoms with Gasteiger partial charge >= 0.3 is 11.9 Å². The van der Waals surface area contributed by atoms with Crippen LogP contribution in [0.15, 0.2) is 69.1 Å². The SMILES string of the molecule is C[C@H]1CC[C@H](COC(=O)c2ccc(Br)cc2)[C@H](COC(=O)c2ccc(Br)cc2)C2=CC(C)(C)C[C@H]21. The Kier molecular flexibility index (Phi) is 8.22. The Morgan fingerprint density at radius 2 is 1.37 bits per heavy atom. The normalized spacial score (nSPS) is 25.2. The second-order valence-corrected chi connectivity index (χ2v) is 12.4. The van der Waals surface area contributed by atoms with Gasteiger partial charge in [0.25, 0.3) is 0 Å². The third-order valence-electron chi connectivity index (χ3n) is 7.39. The summed E-state index contributed by atoms with van der Waals surface area (Å²) in [5.74, 6) is 0.490. The van der Waals surface area contributed by atoms with Crippen molar-refractivity contribution in [3.05, 3.63) is 80.3 Å². The van der Waals surface area contributed by atoms with Gasteiger partial charge in [-0.3, -0.25) is 0 Å².